The van der Waals surface area contributed by atoms with E-state index in [2.05, 4.69) is 12.1 Å². The van der Waals surface area contributed by atoms with Crippen LogP contribution in [0.4, 0.5) is 0 Å². The molecule has 4 rings (SSSR count). The van der Waals surface area contributed by atoms with Crippen LogP contribution in [-0.2, 0) is 4.79 Å². The second-order valence-corrected chi connectivity index (χ2v) is 7.97. The number of hydrogen-bond donors (Lipinski definition) is 1. The number of amides is 1. The Morgan fingerprint density at radius 1 is 1.17 bits per heavy atom. The standard InChI is InChI=1S/C17H15NO3S2/c19-16(18-7-3-4-10(9-18)17(20)21)14-8-13-15(23-14)11-5-1-2-6-12(11)22-13/h1-2,5-6,8,10H,3-4,7,9H2,(H,20,21)/t10-/m0/s1. The van der Waals surface area contributed by atoms with Crippen molar-refractivity contribution in [2.75, 3.05) is 13.1 Å². The van der Waals surface area contributed by atoms with Gasteiger partial charge in [0.25, 0.3) is 5.91 Å². The van der Waals surface area contributed by atoms with Crippen LogP contribution in [0.3, 0.4) is 0 Å². The van der Waals surface area contributed by atoms with Gasteiger partial charge in [0.1, 0.15) is 0 Å². The van der Waals surface area contributed by atoms with Crippen molar-refractivity contribution in [3.63, 3.8) is 0 Å². The number of benzene rings is 1. The van der Waals surface area contributed by atoms with E-state index in [1.54, 1.807) is 16.2 Å². The lowest BCUT2D eigenvalue weighted by Gasteiger charge is -2.30. The van der Waals surface area contributed by atoms with Gasteiger partial charge in [0.15, 0.2) is 0 Å². The van der Waals surface area contributed by atoms with Gasteiger partial charge in [-0.05, 0) is 25.0 Å². The maximum Gasteiger partial charge on any atom is 0.308 e. The van der Waals surface area contributed by atoms with Crippen molar-refractivity contribution >= 4 is 54.0 Å². The first-order valence-corrected chi connectivity index (χ1v) is 9.20. The molecule has 4 nitrogen and oxygen atoms in total. The van der Waals surface area contributed by atoms with E-state index in [9.17, 15) is 14.7 Å². The lowest BCUT2D eigenvalue weighted by Crippen LogP contribution is -2.42. The third kappa shape index (κ3) is 2.52. The summed E-state index contributed by atoms with van der Waals surface area (Å²) in [6.45, 7) is 0.968. The molecule has 0 saturated carbocycles. The van der Waals surface area contributed by atoms with Crippen molar-refractivity contribution in [1.29, 1.82) is 0 Å². The van der Waals surface area contributed by atoms with Crippen molar-refractivity contribution in [2.24, 2.45) is 5.92 Å². The molecule has 1 aromatic carbocycles. The first kappa shape index (κ1) is 14.7. The van der Waals surface area contributed by atoms with Crippen LogP contribution >= 0.6 is 22.7 Å². The summed E-state index contributed by atoms with van der Waals surface area (Å²) in [5, 5.41) is 10.4. The highest BCUT2D eigenvalue weighted by molar-refractivity contribution is 7.33. The van der Waals surface area contributed by atoms with Crippen LogP contribution in [0.1, 0.15) is 22.5 Å². The highest BCUT2D eigenvalue weighted by Crippen LogP contribution is 2.39. The van der Waals surface area contributed by atoms with Crippen LogP contribution in [0.5, 0.6) is 0 Å². The molecule has 23 heavy (non-hydrogen) atoms. The molecule has 1 amide bonds. The van der Waals surface area contributed by atoms with Crippen LogP contribution in [-0.4, -0.2) is 35.0 Å². The molecule has 6 heteroatoms. The molecule has 2 aromatic heterocycles. The summed E-state index contributed by atoms with van der Waals surface area (Å²) in [6, 6.07) is 10.2. The highest BCUT2D eigenvalue weighted by Gasteiger charge is 2.29. The minimum Gasteiger partial charge on any atom is -0.481 e. The zero-order chi connectivity index (χ0) is 16.0. The molecule has 3 aromatic rings. The van der Waals surface area contributed by atoms with E-state index < -0.39 is 11.9 Å². The Morgan fingerprint density at radius 2 is 2.00 bits per heavy atom. The fraction of sp³-hybridized carbons (Fsp3) is 0.294. The van der Waals surface area contributed by atoms with Gasteiger partial charge in [0.2, 0.25) is 0 Å². The van der Waals surface area contributed by atoms with Crippen molar-refractivity contribution in [3.8, 4) is 0 Å². The van der Waals surface area contributed by atoms with Gasteiger partial charge in [0.05, 0.1) is 15.5 Å². The zero-order valence-electron chi connectivity index (χ0n) is 12.3. The van der Waals surface area contributed by atoms with Crippen molar-refractivity contribution in [2.45, 2.75) is 12.8 Å². The number of nitrogens with zero attached hydrogens (tertiary/aromatic N) is 1. The van der Waals surface area contributed by atoms with E-state index >= 15 is 0 Å². The number of carboxylic acid groups (broad SMARTS) is 1. The van der Waals surface area contributed by atoms with Crippen LogP contribution in [0.15, 0.2) is 30.3 Å². The molecule has 0 unspecified atom stereocenters. The predicted octanol–water partition coefficient (Wildman–Crippen LogP) is 4.05. The molecule has 1 N–H and O–H groups in total. The number of likely N-dealkylation sites (tertiary alicyclic amines) is 1. The van der Waals surface area contributed by atoms with Crippen molar-refractivity contribution in [1.82, 2.24) is 4.90 Å². The molecule has 1 fully saturated rings. The second-order valence-electron chi connectivity index (χ2n) is 5.83. The van der Waals surface area contributed by atoms with E-state index in [0.29, 0.717) is 24.4 Å². The summed E-state index contributed by atoms with van der Waals surface area (Å²) >= 11 is 3.21. The van der Waals surface area contributed by atoms with Gasteiger partial charge in [-0.2, -0.15) is 0 Å². The van der Waals surface area contributed by atoms with Crippen LogP contribution in [0.25, 0.3) is 19.5 Å². The van der Waals surface area contributed by atoms with Crippen LogP contribution < -0.4 is 0 Å². The summed E-state index contributed by atoms with van der Waals surface area (Å²) in [4.78, 5) is 26.3. The Morgan fingerprint density at radius 3 is 2.83 bits per heavy atom. The normalized spacial score (nSPS) is 18.6. The monoisotopic (exact) mass is 345 g/mol. The average molecular weight is 345 g/mol. The fourth-order valence-electron chi connectivity index (χ4n) is 3.12. The molecule has 1 aliphatic heterocycles. The summed E-state index contributed by atoms with van der Waals surface area (Å²) in [6.07, 6.45) is 1.41. The van der Waals surface area contributed by atoms with Gasteiger partial charge in [-0.25, -0.2) is 0 Å². The third-order valence-electron chi connectivity index (χ3n) is 4.32. The number of thiophene rings is 2. The van der Waals surface area contributed by atoms with E-state index in [1.165, 1.54) is 21.4 Å². The minimum atomic E-state index is -0.805. The largest absolute Gasteiger partial charge is 0.481 e. The molecule has 3 heterocycles. The van der Waals surface area contributed by atoms with E-state index in [1.807, 2.05) is 18.2 Å². The molecule has 0 bridgehead atoms. The molecule has 0 radical (unpaired) electrons. The number of carbonyl (C=O) groups excluding carboxylic acids is 1. The lowest BCUT2D eigenvalue weighted by atomic mass is 9.98. The number of rotatable bonds is 2. The quantitative estimate of drug-likeness (QED) is 0.762. The molecular weight excluding hydrogens is 330 g/mol. The Bertz CT molecular complexity index is 911. The number of aliphatic carboxylic acids is 1. The summed E-state index contributed by atoms with van der Waals surface area (Å²) < 4.78 is 3.52. The number of carbonyl (C=O) groups is 2. The van der Waals surface area contributed by atoms with Gasteiger partial charge < -0.3 is 10.0 Å². The topological polar surface area (TPSA) is 57.6 Å². The SMILES string of the molecule is O=C(O)[C@H]1CCCN(C(=O)c2cc3sc4ccccc4c3s2)C1. The maximum absolute atomic E-state index is 12.7. The Balaban J connectivity index is 1.65. The third-order valence-corrected chi connectivity index (χ3v) is 6.72. The fourth-order valence-corrected chi connectivity index (χ4v) is 5.62. The lowest BCUT2D eigenvalue weighted by molar-refractivity contribution is -0.143. The molecule has 0 aliphatic carbocycles. The van der Waals surface area contributed by atoms with Gasteiger partial charge >= 0.3 is 5.97 Å². The van der Waals surface area contributed by atoms with E-state index in [0.717, 1.165) is 15.8 Å². The molecular formula is C17H15NO3S2. The summed E-state index contributed by atoms with van der Waals surface area (Å²) in [5.41, 5.74) is 0. The van der Waals surface area contributed by atoms with Gasteiger partial charge in [-0.3, -0.25) is 9.59 Å². The smallest absolute Gasteiger partial charge is 0.308 e. The molecule has 118 valence electrons. The summed E-state index contributed by atoms with van der Waals surface area (Å²) in [7, 11) is 0. The average Bonchev–Trinajstić information content (AvgIpc) is 3.12. The number of carboxylic acids is 1. The second kappa shape index (κ2) is 5.62. The van der Waals surface area contributed by atoms with E-state index in [4.69, 9.17) is 0 Å². The Labute approximate surface area is 141 Å². The number of fused-ring (bicyclic) bond motifs is 3. The summed E-state index contributed by atoms with van der Waals surface area (Å²) in [5.74, 6) is -1.27. The Kier molecular flexibility index (Phi) is 3.58. The molecule has 1 atom stereocenters. The Hall–Kier alpha value is -1.92. The van der Waals surface area contributed by atoms with Gasteiger partial charge in [-0.1, -0.05) is 18.2 Å². The molecule has 0 spiro atoms. The van der Waals surface area contributed by atoms with Crippen molar-refractivity contribution in [3.05, 3.63) is 35.2 Å². The first-order chi connectivity index (χ1) is 11.1. The zero-order valence-corrected chi connectivity index (χ0v) is 14.0. The van der Waals surface area contributed by atoms with Crippen molar-refractivity contribution < 1.29 is 14.7 Å². The van der Waals surface area contributed by atoms with Crippen LogP contribution in [0, 0.1) is 5.92 Å². The number of hydrogen-bond acceptors (Lipinski definition) is 4. The molecule has 1 saturated heterocycles. The molecule has 1 aliphatic rings. The van der Waals surface area contributed by atoms with Gasteiger partial charge in [0, 0.05) is 27.9 Å². The highest BCUT2D eigenvalue weighted by atomic mass is 32.1. The predicted molar refractivity (Wildman–Crippen MR) is 93.5 cm³/mol. The van der Waals surface area contributed by atoms with E-state index in [-0.39, 0.29) is 5.91 Å². The van der Waals surface area contributed by atoms with Gasteiger partial charge in [-0.15, -0.1) is 22.7 Å². The van der Waals surface area contributed by atoms with Crippen LogP contribution in [0.2, 0.25) is 0 Å². The number of piperidine rings is 1. The maximum atomic E-state index is 12.7. The first-order valence-electron chi connectivity index (χ1n) is 7.56. The minimum absolute atomic E-state index is 0.0339.